The van der Waals surface area contributed by atoms with Crippen LogP contribution in [-0.2, 0) is 6.54 Å². The van der Waals surface area contributed by atoms with Crippen molar-refractivity contribution in [1.29, 1.82) is 0 Å². The number of aromatic nitrogens is 3. The number of benzene rings is 1. The van der Waals surface area contributed by atoms with Gasteiger partial charge in [0.15, 0.2) is 11.5 Å². The van der Waals surface area contributed by atoms with Crippen molar-refractivity contribution in [2.45, 2.75) is 19.5 Å². The number of ether oxygens (including phenoxy) is 2. The smallest absolute Gasteiger partial charge is 0.231 e. The van der Waals surface area contributed by atoms with Crippen molar-refractivity contribution in [1.82, 2.24) is 20.5 Å². The van der Waals surface area contributed by atoms with Gasteiger partial charge in [0.1, 0.15) is 12.2 Å². The molecule has 19 heavy (non-hydrogen) atoms. The highest BCUT2D eigenvalue weighted by atomic mass is 79.9. The van der Waals surface area contributed by atoms with Crippen LogP contribution >= 0.6 is 15.9 Å². The van der Waals surface area contributed by atoms with Crippen LogP contribution in [0.25, 0.3) is 0 Å². The van der Waals surface area contributed by atoms with E-state index in [2.05, 4.69) is 36.4 Å². The van der Waals surface area contributed by atoms with E-state index in [1.807, 2.05) is 19.1 Å². The Morgan fingerprint density at radius 1 is 1.47 bits per heavy atom. The third-order valence-corrected chi connectivity index (χ3v) is 3.53. The van der Waals surface area contributed by atoms with Gasteiger partial charge in [0.25, 0.3) is 0 Å². The van der Waals surface area contributed by atoms with Gasteiger partial charge in [-0.05, 0) is 40.5 Å². The average Bonchev–Trinajstić information content (AvgIpc) is 3.06. The maximum Gasteiger partial charge on any atom is 0.231 e. The van der Waals surface area contributed by atoms with Crippen LogP contribution in [-0.4, -0.2) is 22.0 Å². The minimum atomic E-state index is 0.103. The molecule has 6 nitrogen and oxygen atoms in total. The number of H-pyrrole nitrogens is 1. The lowest BCUT2D eigenvalue weighted by molar-refractivity contribution is 0.173. The molecule has 0 fully saturated rings. The van der Waals surface area contributed by atoms with Crippen molar-refractivity contribution in [2.75, 3.05) is 6.79 Å². The Labute approximate surface area is 118 Å². The molecular weight excluding hydrogens is 312 g/mol. The minimum absolute atomic E-state index is 0.103. The van der Waals surface area contributed by atoms with Crippen LogP contribution in [0.3, 0.4) is 0 Å². The summed E-state index contributed by atoms with van der Waals surface area (Å²) in [6.45, 7) is 3.01. The highest BCUT2D eigenvalue weighted by molar-refractivity contribution is 9.10. The van der Waals surface area contributed by atoms with E-state index < -0.39 is 0 Å². The first kappa shape index (κ1) is 12.4. The zero-order chi connectivity index (χ0) is 13.2. The monoisotopic (exact) mass is 324 g/mol. The second kappa shape index (κ2) is 5.18. The molecule has 0 saturated carbocycles. The van der Waals surface area contributed by atoms with Gasteiger partial charge < -0.3 is 14.8 Å². The predicted molar refractivity (Wildman–Crippen MR) is 71.9 cm³/mol. The van der Waals surface area contributed by atoms with Crippen LogP contribution in [0.2, 0.25) is 0 Å². The Bertz CT molecular complexity index is 573. The maximum atomic E-state index is 5.39. The lowest BCUT2D eigenvalue weighted by Crippen LogP contribution is -2.19. The summed E-state index contributed by atoms with van der Waals surface area (Å²) in [6, 6.07) is 4.10. The summed E-state index contributed by atoms with van der Waals surface area (Å²) in [4.78, 5) is 4.12. The summed E-state index contributed by atoms with van der Waals surface area (Å²) >= 11 is 3.48. The van der Waals surface area contributed by atoms with Crippen molar-refractivity contribution < 1.29 is 9.47 Å². The molecule has 1 aromatic carbocycles. The molecule has 1 atom stereocenters. The van der Waals surface area contributed by atoms with Crippen LogP contribution in [0, 0.1) is 0 Å². The van der Waals surface area contributed by atoms with Crippen LogP contribution in [0.1, 0.15) is 24.4 Å². The summed E-state index contributed by atoms with van der Waals surface area (Å²) in [5, 5.41) is 10.1. The number of halogens is 1. The van der Waals surface area contributed by atoms with E-state index in [-0.39, 0.29) is 12.8 Å². The zero-order valence-electron chi connectivity index (χ0n) is 10.3. The highest BCUT2D eigenvalue weighted by Crippen LogP contribution is 2.39. The van der Waals surface area contributed by atoms with Gasteiger partial charge in [0.05, 0.1) is 10.5 Å². The summed E-state index contributed by atoms with van der Waals surface area (Å²) in [5.41, 5.74) is 1.11. The van der Waals surface area contributed by atoms with E-state index in [0.717, 1.165) is 27.4 Å². The number of nitrogens with one attached hydrogen (secondary N) is 2. The molecule has 0 bridgehead atoms. The van der Waals surface area contributed by atoms with E-state index in [1.54, 1.807) is 0 Å². The first-order valence-corrected chi connectivity index (χ1v) is 6.70. The third-order valence-electron chi connectivity index (χ3n) is 2.94. The molecule has 1 unspecified atom stereocenters. The normalized spacial score (nSPS) is 14.6. The molecule has 2 N–H and O–H groups in total. The average molecular weight is 325 g/mol. The minimum Gasteiger partial charge on any atom is -0.454 e. The summed E-state index contributed by atoms with van der Waals surface area (Å²) < 4.78 is 11.7. The zero-order valence-corrected chi connectivity index (χ0v) is 11.9. The second-order valence-corrected chi connectivity index (χ2v) is 5.14. The Morgan fingerprint density at radius 3 is 3.16 bits per heavy atom. The lowest BCUT2D eigenvalue weighted by Gasteiger charge is -2.11. The number of rotatable bonds is 4. The van der Waals surface area contributed by atoms with E-state index in [9.17, 15) is 0 Å². The Hall–Kier alpha value is -1.60. The summed E-state index contributed by atoms with van der Waals surface area (Å²) in [7, 11) is 0. The number of hydrogen-bond acceptors (Lipinski definition) is 5. The SMILES string of the molecule is CC(NCc1cc(Br)c2c(c1)OCO2)c1ncn[nH]1. The van der Waals surface area contributed by atoms with Gasteiger partial charge in [-0.15, -0.1) is 0 Å². The van der Waals surface area contributed by atoms with Crippen molar-refractivity contribution in [3.8, 4) is 11.5 Å². The van der Waals surface area contributed by atoms with E-state index in [1.165, 1.54) is 6.33 Å². The highest BCUT2D eigenvalue weighted by Gasteiger charge is 2.18. The summed E-state index contributed by atoms with van der Waals surface area (Å²) in [6.07, 6.45) is 1.50. The quantitative estimate of drug-likeness (QED) is 0.901. The molecule has 3 rings (SSSR count). The van der Waals surface area contributed by atoms with Gasteiger partial charge in [-0.25, -0.2) is 4.98 Å². The molecule has 1 aliphatic rings. The van der Waals surface area contributed by atoms with E-state index in [4.69, 9.17) is 9.47 Å². The maximum absolute atomic E-state index is 5.39. The lowest BCUT2D eigenvalue weighted by atomic mass is 10.2. The van der Waals surface area contributed by atoms with Crippen LogP contribution in [0.5, 0.6) is 11.5 Å². The Balaban J connectivity index is 1.69. The fourth-order valence-electron chi connectivity index (χ4n) is 1.91. The van der Waals surface area contributed by atoms with Gasteiger partial charge in [-0.3, -0.25) is 5.10 Å². The van der Waals surface area contributed by atoms with Crippen molar-refractivity contribution in [2.24, 2.45) is 0 Å². The van der Waals surface area contributed by atoms with Gasteiger partial charge in [0.2, 0.25) is 6.79 Å². The molecule has 1 aromatic heterocycles. The molecule has 0 saturated heterocycles. The summed E-state index contributed by atoms with van der Waals surface area (Å²) in [5.74, 6) is 2.37. The number of aromatic amines is 1. The predicted octanol–water partition coefficient (Wildman–Crippen LogP) is 2.15. The number of nitrogens with zero attached hydrogens (tertiary/aromatic N) is 2. The van der Waals surface area contributed by atoms with E-state index >= 15 is 0 Å². The Morgan fingerprint density at radius 2 is 2.37 bits per heavy atom. The van der Waals surface area contributed by atoms with Gasteiger partial charge in [-0.2, -0.15) is 5.10 Å². The van der Waals surface area contributed by atoms with Gasteiger partial charge in [0, 0.05) is 6.54 Å². The fraction of sp³-hybridized carbons (Fsp3) is 0.333. The van der Waals surface area contributed by atoms with Crippen LogP contribution in [0.4, 0.5) is 0 Å². The first-order valence-electron chi connectivity index (χ1n) is 5.90. The molecule has 100 valence electrons. The van der Waals surface area contributed by atoms with Gasteiger partial charge >= 0.3 is 0 Å². The molecule has 0 spiro atoms. The molecular formula is C12H13BrN4O2. The first-order chi connectivity index (χ1) is 9.24. The topological polar surface area (TPSA) is 72.1 Å². The van der Waals surface area contributed by atoms with Crippen LogP contribution in [0.15, 0.2) is 22.9 Å². The standard InChI is InChI=1S/C12H13BrN4O2/c1-7(12-15-5-16-17-12)14-4-8-2-9(13)11-10(3-8)18-6-19-11/h2-3,5,7,14H,4,6H2,1H3,(H,15,16,17). The second-order valence-electron chi connectivity index (χ2n) is 4.28. The molecule has 2 heterocycles. The molecule has 7 heteroatoms. The van der Waals surface area contributed by atoms with Crippen molar-refractivity contribution >= 4 is 15.9 Å². The van der Waals surface area contributed by atoms with Crippen molar-refractivity contribution in [3.05, 3.63) is 34.3 Å². The number of hydrogen-bond donors (Lipinski definition) is 2. The van der Waals surface area contributed by atoms with Gasteiger partial charge in [-0.1, -0.05) is 0 Å². The molecule has 0 aliphatic carbocycles. The molecule has 0 amide bonds. The third kappa shape index (κ3) is 2.57. The van der Waals surface area contributed by atoms with E-state index in [0.29, 0.717) is 6.54 Å². The van der Waals surface area contributed by atoms with Crippen molar-refractivity contribution in [3.63, 3.8) is 0 Å². The van der Waals surface area contributed by atoms with Crippen LogP contribution < -0.4 is 14.8 Å². The molecule has 1 aliphatic heterocycles. The Kier molecular flexibility index (Phi) is 3.39. The number of fused-ring (bicyclic) bond motifs is 1. The molecule has 2 aromatic rings. The molecule has 0 radical (unpaired) electrons. The fourth-order valence-corrected chi connectivity index (χ4v) is 2.52. The largest absolute Gasteiger partial charge is 0.454 e.